The summed E-state index contributed by atoms with van der Waals surface area (Å²) in [6, 6.07) is 0.526. The molecule has 0 aromatic heterocycles. The smallest absolute Gasteiger partial charge is 0.323 e. The zero-order valence-electron chi connectivity index (χ0n) is 11.9. The number of rotatable bonds is 6. The molecule has 2 heterocycles. The van der Waals surface area contributed by atoms with Crippen molar-refractivity contribution in [3.05, 3.63) is 0 Å². The topological polar surface area (TPSA) is 50.8 Å². The van der Waals surface area contributed by atoms with E-state index in [1.807, 2.05) is 6.92 Å². The first-order chi connectivity index (χ1) is 9.33. The summed E-state index contributed by atoms with van der Waals surface area (Å²) in [7, 11) is 0. The lowest BCUT2D eigenvalue weighted by atomic mass is 10.0. The predicted molar refractivity (Wildman–Crippen MR) is 73.1 cm³/mol. The molecule has 0 saturated carbocycles. The highest BCUT2D eigenvalue weighted by atomic mass is 16.6. The van der Waals surface area contributed by atoms with Crippen molar-refractivity contribution in [2.75, 3.05) is 39.5 Å². The second-order valence-electron chi connectivity index (χ2n) is 5.24. The molecule has 2 aliphatic heterocycles. The van der Waals surface area contributed by atoms with Gasteiger partial charge in [0.2, 0.25) is 0 Å². The Balaban J connectivity index is 1.78. The van der Waals surface area contributed by atoms with Crippen LogP contribution in [0.15, 0.2) is 0 Å². The van der Waals surface area contributed by atoms with Gasteiger partial charge in [-0.05, 0) is 52.2 Å². The number of ether oxygens (including phenoxy) is 2. The molecule has 2 aliphatic rings. The SMILES string of the molecule is CCOCCOC(=O)C1CCCN1C1CCNCC1. The summed E-state index contributed by atoms with van der Waals surface area (Å²) in [6.07, 6.45) is 4.33. The number of hydrogen-bond acceptors (Lipinski definition) is 5. The fourth-order valence-corrected chi connectivity index (χ4v) is 3.06. The van der Waals surface area contributed by atoms with Crippen molar-refractivity contribution in [1.82, 2.24) is 10.2 Å². The predicted octanol–water partition coefficient (Wildman–Crippen LogP) is 0.783. The summed E-state index contributed by atoms with van der Waals surface area (Å²) in [5.74, 6) is -0.0595. The zero-order chi connectivity index (χ0) is 13.5. The quantitative estimate of drug-likeness (QED) is 0.571. The van der Waals surface area contributed by atoms with Gasteiger partial charge in [-0.25, -0.2) is 0 Å². The molecule has 0 radical (unpaired) electrons. The molecular formula is C14H26N2O3. The molecule has 110 valence electrons. The van der Waals surface area contributed by atoms with Gasteiger partial charge in [-0.15, -0.1) is 0 Å². The van der Waals surface area contributed by atoms with E-state index in [2.05, 4.69) is 10.2 Å². The van der Waals surface area contributed by atoms with Gasteiger partial charge in [0.15, 0.2) is 0 Å². The number of nitrogens with one attached hydrogen (secondary N) is 1. The molecule has 19 heavy (non-hydrogen) atoms. The molecule has 5 nitrogen and oxygen atoms in total. The van der Waals surface area contributed by atoms with Crippen molar-refractivity contribution >= 4 is 5.97 Å². The van der Waals surface area contributed by atoms with E-state index in [1.165, 1.54) is 0 Å². The highest BCUT2D eigenvalue weighted by molar-refractivity contribution is 5.76. The fraction of sp³-hybridized carbons (Fsp3) is 0.929. The Kier molecular flexibility index (Phi) is 6.07. The van der Waals surface area contributed by atoms with Crippen LogP contribution in [0, 0.1) is 0 Å². The first-order valence-corrected chi connectivity index (χ1v) is 7.53. The minimum absolute atomic E-state index is 0.0234. The first kappa shape index (κ1) is 14.8. The van der Waals surface area contributed by atoms with Crippen LogP contribution >= 0.6 is 0 Å². The molecule has 1 atom stereocenters. The van der Waals surface area contributed by atoms with Crippen molar-refractivity contribution in [2.45, 2.75) is 44.7 Å². The van der Waals surface area contributed by atoms with Crippen molar-refractivity contribution < 1.29 is 14.3 Å². The first-order valence-electron chi connectivity index (χ1n) is 7.53. The molecule has 1 unspecified atom stereocenters. The molecule has 0 bridgehead atoms. The second kappa shape index (κ2) is 7.82. The second-order valence-corrected chi connectivity index (χ2v) is 5.24. The van der Waals surface area contributed by atoms with E-state index in [-0.39, 0.29) is 12.0 Å². The van der Waals surface area contributed by atoms with Crippen LogP contribution in [-0.2, 0) is 14.3 Å². The Bertz CT molecular complexity index is 280. The molecule has 1 N–H and O–H groups in total. The summed E-state index contributed by atoms with van der Waals surface area (Å²) >= 11 is 0. The van der Waals surface area contributed by atoms with E-state index in [0.717, 1.165) is 45.3 Å². The third kappa shape index (κ3) is 4.16. The maximum Gasteiger partial charge on any atom is 0.323 e. The molecule has 0 aliphatic carbocycles. The molecule has 0 aromatic carbocycles. The molecule has 2 fully saturated rings. The zero-order valence-corrected chi connectivity index (χ0v) is 11.9. The number of piperidine rings is 1. The standard InChI is InChI=1S/C14H26N2O3/c1-2-18-10-11-19-14(17)13-4-3-9-16(13)12-5-7-15-8-6-12/h12-13,15H,2-11H2,1H3. The van der Waals surface area contributed by atoms with E-state index < -0.39 is 0 Å². The highest BCUT2D eigenvalue weighted by Crippen LogP contribution is 2.25. The molecule has 2 saturated heterocycles. The van der Waals surface area contributed by atoms with Gasteiger partial charge in [-0.1, -0.05) is 0 Å². The summed E-state index contributed by atoms with van der Waals surface area (Å²) in [6.45, 7) is 6.65. The summed E-state index contributed by atoms with van der Waals surface area (Å²) in [5, 5.41) is 3.37. The average Bonchev–Trinajstić information content (AvgIpc) is 2.94. The molecular weight excluding hydrogens is 244 g/mol. The van der Waals surface area contributed by atoms with Gasteiger partial charge in [0.05, 0.1) is 6.61 Å². The fourth-order valence-electron chi connectivity index (χ4n) is 3.06. The van der Waals surface area contributed by atoms with E-state index >= 15 is 0 Å². The van der Waals surface area contributed by atoms with Crippen molar-refractivity contribution in [3.8, 4) is 0 Å². The molecule has 0 amide bonds. The van der Waals surface area contributed by atoms with Crippen molar-refractivity contribution in [2.24, 2.45) is 0 Å². The van der Waals surface area contributed by atoms with Gasteiger partial charge in [0.1, 0.15) is 12.6 Å². The van der Waals surface area contributed by atoms with Crippen molar-refractivity contribution in [1.29, 1.82) is 0 Å². The molecule has 0 aromatic rings. The number of carbonyl (C=O) groups is 1. The number of esters is 1. The van der Waals surface area contributed by atoms with Gasteiger partial charge < -0.3 is 14.8 Å². The number of likely N-dealkylation sites (tertiary alicyclic amines) is 1. The largest absolute Gasteiger partial charge is 0.462 e. The third-order valence-corrected chi connectivity index (χ3v) is 4.02. The van der Waals surface area contributed by atoms with Crippen LogP contribution in [-0.4, -0.2) is 62.4 Å². The average molecular weight is 270 g/mol. The summed E-state index contributed by atoms with van der Waals surface area (Å²) < 4.78 is 10.5. The van der Waals surface area contributed by atoms with Gasteiger partial charge in [-0.3, -0.25) is 9.69 Å². The van der Waals surface area contributed by atoms with Crippen LogP contribution in [0.4, 0.5) is 0 Å². The van der Waals surface area contributed by atoms with Crippen LogP contribution in [0.5, 0.6) is 0 Å². The molecule has 0 spiro atoms. The van der Waals surface area contributed by atoms with Crippen LogP contribution in [0.25, 0.3) is 0 Å². The van der Waals surface area contributed by atoms with E-state index in [9.17, 15) is 4.79 Å². The minimum atomic E-state index is -0.0595. The Labute approximate surface area is 115 Å². The summed E-state index contributed by atoms with van der Waals surface area (Å²) in [4.78, 5) is 14.5. The van der Waals surface area contributed by atoms with E-state index in [1.54, 1.807) is 0 Å². The minimum Gasteiger partial charge on any atom is -0.462 e. The number of nitrogens with zero attached hydrogens (tertiary/aromatic N) is 1. The highest BCUT2D eigenvalue weighted by Gasteiger charge is 2.36. The normalized spacial score (nSPS) is 25.6. The monoisotopic (exact) mass is 270 g/mol. The van der Waals surface area contributed by atoms with Crippen LogP contribution in [0.3, 0.4) is 0 Å². The Morgan fingerprint density at radius 2 is 2.05 bits per heavy atom. The maximum atomic E-state index is 12.1. The lowest BCUT2D eigenvalue weighted by molar-refractivity contribution is -0.151. The Hall–Kier alpha value is -0.650. The van der Waals surface area contributed by atoms with E-state index in [0.29, 0.717) is 25.9 Å². The maximum absolute atomic E-state index is 12.1. The Morgan fingerprint density at radius 3 is 2.79 bits per heavy atom. The molecule has 2 rings (SSSR count). The van der Waals surface area contributed by atoms with Crippen molar-refractivity contribution in [3.63, 3.8) is 0 Å². The lowest BCUT2D eigenvalue weighted by Crippen LogP contribution is -2.48. The summed E-state index contributed by atoms with van der Waals surface area (Å²) in [5.41, 5.74) is 0. The van der Waals surface area contributed by atoms with Gasteiger partial charge in [-0.2, -0.15) is 0 Å². The van der Waals surface area contributed by atoms with Crippen LogP contribution < -0.4 is 5.32 Å². The van der Waals surface area contributed by atoms with Gasteiger partial charge in [0.25, 0.3) is 0 Å². The van der Waals surface area contributed by atoms with Gasteiger partial charge >= 0.3 is 5.97 Å². The van der Waals surface area contributed by atoms with E-state index in [4.69, 9.17) is 9.47 Å². The molecule has 5 heteroatoms. The third-order valence-electron chi connectivity index (χ3n) is 4.02. The van der Waals surface area contributed by atoms with Gasteiger partial charge in [0, 0.05) is 12.6 Å². The number of carbonyl (C=O) groups excluding carboxylic acids is 1. The number of hydrogen-bond donors (Lipinski definition) is 1. The Morgan fingerprint density at radius 1 is 1.26 bits per heavy atom. The van der Waals surface area contributed by atoms with Crippen LogP contribution in [0.2, 0.25) is 0 Å². The lowest BCUT2D eigenvalue weighted by Gasteiger charge is -2.34. The van der Waals surface area contributed by atoms with Crippen LogP contribution in [0.1, 0.15) is 32.6 Å².